The predicted molar refractivity (Wildman–Crippen MR) is 146 cm³/mol. The fourth-order valence-electron chi connectivity index (χ4n) is 4.05. The summed E-state index contributed by atoms with van der Waals surface area (Å²) in [6, 6.07) is 12.1. The number of amides is 1. The van der Waals surface area contributed by atoms with Gasteiger partial charge in [-0.2, -0.15) is 0 Å². The number of aromatic nitrogens is 3. The molecule has 4 aromatic rings. The van der Waals surface area contributed by atoms with Gasteiger partial charge in [-0.1, -0.05) is 34.8 Å². The van der Waals surface area contributed by atoms with Gasteiger partial charge >= 0.3 is 0 Å². The number of hydrogen-bond donors (Lipinski definition) is 1. The first-order valence-corrected chi connectivity index (χ1v) is 12.8. The number of rotatable bonds is 7. The number of nitrogens with one attached hydrogen (secondary N) is 1. The second kappa shape index (κ2) is 11.6. The Kier molecular flexibility index (Phi) is 7.99. The first kappa shape index (κ1) is 26.2. The summed E-state index contributed by atoms with van der Waals surface area (Å²) >= 11 is 18.3. The van der Waals surface area contributed by atoms with E-state index in [1.807, 2.05) is 0 Å². The molecule has 1 atom stereocenters. The van der Waals surface area contributed by atoms with Gasteiger partial charge in [0.15, 0.2) is 11.5 Å². The van der Waals surface area contributed by atoms with E-state index < -0.39 is 0 Å². The first-order chi connectivity index (χ1) is 18.4. The highest BCUT2D eigenvalue weighted by Crippen LogP contribution is 2.35. The third-order valence-corrected chi connectivity index (χ3v) is 6.98. The number of anilines is 2. The van der Waals surface area contributed by atoms with Crippen LogP contribution in [-0.4, -0.2) is 65.3 Å². The van der Waals surface area contributed by atoms with Crippen molar-refractivity contribution in [3.05, 3.63) is 75.8 Å². The quantitative estimate of drug-likeness (QED) is 0.283. The Balaban J connectivity index is 1.31. The molecule has 5 rings (SSSR count). The molecule has 2 aromatic heterocycles. The van der Waals surface area contributed by atoms with Gasteiger partial charge in [0.1, 0.15) is 30.0 Å². The zero-order valence-corrected chi connectivity index (χ0v) is 22.4. The van der Waals surface area contributed by atoms with Crippen molar-refractivity contribution in [1.29, 1.82) is 0 Å². The lowest BCUT2D eigenvalue weighted by Crippen LogP contribution is -2.47. The second-order valence-electron chi connectivity index (χ2n) is 8.39. The number of carbonyl (C=O) groups excluding carboxylic acids is 1. The van der Waals surface area contributed by atoms with Gasteiger partial charge in [-0.15, -0.1) is 0 Å². The molecule has 1 aliphatic heterocycles. The van der Waals surface area contributed by atoms with E-state index >= 15 is 0 Å². The van der Waals surface area contributed by atoms with Crippen molar-refractivity contribution in [3.63, 3.8) is 0 Å². The third-order valence-electron chi connectivity index (χ3n) is 5.94. The van der Waals surface area contributed by atoms with Crippen LogP contribution in [0.3, 0.4) is 0 Å². The van der Waals surface area contributed by atoms with E-state index in [0.717, 1.165) is 11.1 Å². The maximum atomic E-state index is 12.9. The van der Waals surface area contributed by atoms with Crippen molar-refractivity contribution >= 4 is 63.1 Å². The van der Waals surface area contributed by atoms with Gasteiger partial charge in [0, 0.05) is 29.9 Å². The molecule has 1 amide bonds. The van der Waals surface area contributed by atoms with Crippen LogP contribution in [0.1, 0.15) is 10.4 Å². The number of hydrogen-bond acceptors (Lipinski definition) is 8. The van der Waals surface area contributed by atoms with E-state index in [9.17, 15) is 4.79 Å². The SMILES string of the molecule is COc1cc2c(Nc3ccc(Cl)c(Cl)c3)ncnc2cc1OCC1CN(C(=O)c2cccnc2Cl)CCO1. The molecular formula is C26H22Cl3N5O4. The van der Waals surface area contributed by atoms with E-state index in [0.29, 0.717) is 58.1 Å². The lowest BCUT2D eigenvalue weighted by molar-refractivity contribution is -0.0403. The summed E-state index contributed by atoms with van der Waals surface area (Å²) in [4.78, 5) is 27.4. The minimum atomic E-state index is -0.346. The summed E-state index contributed by atoms with van der Waals surface area (Å²) in [5.41, 5.74) is 1.72. The molecule has 3 heterocycles. The molecule has 0 radical (unpaired) electrons. The van der Waals surface area contributed by atoms with E-state index in [2.05, 4.69) is 20.3 Å². The average Bonchev–Trinajstić information content (AvgIpc) is 2.93. The smallest absolute Gasteiger partial charge is 0.257 e. The summed E-state index contributed by atoms with van der Waals surface area (Å²) in [5, 5.41) is 5.03. The monoisotopic (exact) mass is 573 g/mol. The van der Waals surface area contributed by atoms with Crippen molar-refractivity contribution < 1.29 is 19.0 Å². The number of fused-ring (bicyclic) bond motifs is 1. The molecule has 0 saturated carbocycles. The number of carbonyl (C=O) groups is 1. The van der Waals surface area contributed by atoms with Crippen molar-refractivity contribution in [3.8, 4) is 11.5 Å². The topological polar surface area (TPSA) is 98.7 Å². The fraction of sp³-hybridized carbons (Fsp3) is 0.231. The molecule has 1 N–H and O–H groups in total. The Morgan fingerprint density at radius 1 is 1.11 bits per heavy atom. The highest BCUT2D eigenvalue weighted by molar-refractivity contribution is 6.42. The van der Waals surface area contributed by atoms with Gasteiger partial charge in [0.25, 0.3) is 5.91 Å². The lowest BCUT2D eigenvalue weighted by Gasteiger charge is -2.33. The average molecular weight is 575 g/mol. The molecule has 1 fully saturated rings. The summed E-state index contributed by atoms with van der Waals surface area (Å²) in [7, 11) is 1.55. The zero-order valence-electron chi connectivity index (χ0n) is 20.2. The Labute approximate surface area is 233 Å². The molecule has 12 heteroatoms. The highest BCUT2D eigenvalue weighted by Gasteiger charge is 2.27. The van der Waals surface area contributed by atoms with Gasteiger partial charge in [-0.25, -0.2) is 15.0 Å². The first-order valence-electron chi connectivity index (χ1n) is 11.6. The van der Waals surface area contributed by atoms with Crippen LogP contribution in [0.4, 0.5) is 11.5 Å². The van der Waals surface area contributed by atoms with Crippen LogP contribution in [0.2, 0.25) is 15.2 Å². The largest absolute Gasteiger partial charge is 0.493 e. The second-order valence-corrected chi connectivity index (χ2v) is 9.57. The summed E-state index contributed by atoms with van der Waals surface area (Å²) in [6.07, 6.45) is 2.65. The van der Waals surface area contributed by atoms with Gasteiger partial charge in [-0.3, -0.25) is 4.79 Å². The third kappa shape index (κ3) is 5.71. The molecular weight excluding hydrogens is 553 g/mol. The summed E-state index contributed by atoms with van der Waals surface area (Å²) in [6.45, 7) is 1.38. The molecule has 2 aromatic carbocycles. The maximum absolute atomic E-state index is 12.9. The summed E-state index contributed by atoms with van der Waals surface area (Å²) in [5.74, 6) is 1.35. The molecule has 1 unspecified atom stereocenters. The minimum absolute atomic E-state index is 0.174. The van der Waals surface area contributed by atoms with Gasteiger partial charge < -0.3 is 24.4 Å². The highest BCUT2D eigenvalue weighted by atomic mass is 35.5. The Morgan fingerprint density at radius 2 is 1.97 bits per heavy atom. The molecule has 1 aliphatic rings. The van der Waals surface area contributed by atoms with Gasteiger partial charge in [0.2, 0.25) is 0 Å². The predicted octanol–water partition coefficient (Wildman–Crippen LogP) is 5.66. The normalized spacial score (nSPS) is 15.4. The van der Waals surface area contributed by atoms with Gasteiger partial charge in [-0.05, 0) is 36.4 Å². The zero-order chi connectivity index (χ0) is 26.6. The molecule has 9 nitrogen and oxygen atoms in total. The Morgan fingerprint density at radius 3 is 2.76 bits per heavy atom. The van der Waals surface area contributed by atoms with E-state index in [1.165, 1.54) is 6.33 Å². The van der Waals surface area contributed by atoms with Crippen LogP contribution in [0.5, 0.6) is 11.5 Å². The van der Waals surface area contributed by atoms with Crippen LogP contribution < -0.4 is 14.8 Å². The number of morpholine rings is 1. The van der Waals surface area contributed by atoms with E-state index in [4.69, 9.17) is 49.0 Å². The van der Waals surface area contributed by atoms with Crippen LogP contribution in [-0.2, 0) is 4.74 Å². The number of ether oxygens (including phenoxy) is 3. The molecule has 0 bridgehead atoms. The van der Waals surface area contributed by atoms with Gasteiger partial charge in [0.05, 0.1) is 41.4 Å². The molecule has 38 heavy (non-hydrogen) atoms. The maximum Gasteiger partial charge on any atom is 0.257 e. The molecule has 0 spiro atoms. The Bertz CT molecular complexity index is 1490. The van der Waals surface area contributed by atoms with Crippen molar-refractivity contribution in [2.45, 2.75) is 6.10 Å². The Hall–Kier alpha value is -3.37. The van der Waals surface area contributed by atoms with Crippen molar-refractivity contribution in [2.24, 2.45) is 0 Å². The van der Waals surface area contributed by atoms with Crippen LogP contribution in [0, 0.1) is 0 Å². The van der Waals surface area contributed by atoms with E-state index in [-0.39, 0.29) is 23.8 Å². The standard InChI is InChI=1S/C26H22Cl3N5O4/c1-36-22-10-18-21(31-14-32-25(18)33-15-4-5-19(27)20(28)9-15)11-23(22)38-13-16-12-34(7-8-37-16)26(35)17-3-2-6-30-24(17)29/h2-6,9-11,14,16H,7-8,12-13H2,1H3,(H,31,32,33). The number of nitrogens with zero attached hydrogens (tertiary/aromatic N) is 4. The van der Waals surface area contributed by atoms with Crippen molar-refractivity contribution in [2.75, 3.05) is 38.7 Å². The fourth-order valence-corrected chi connectivity index (χ4v) is 4.55. The van der Waals surface area contributed by atoms with Crippen LogP contribution in [0.15, 0.2) is 55.0 Å². The van der Waals surface area contributed by atoms with Crippen LogP contribution in [0.25, 0.3) is 10.9 Å². The number of pyridine rings is 1. The number of halogens is 3. The lowest BCUT2D eigenvalue weighted by atomic mass is 10.2. The van der Waals surface area contributed by atoms with E-state index in [1.54, 1.807) is 60.7 Å². The van der Waals surface area contributed by atoms with Crippen molar-refractivity contribution in [1.82, 2.24) is 19.9 Å². The van der Waals surface area contributed by atoms with Crippen LogP contribution >= 0.6 is 34.8 Å². The summed E-state index contributed by atoms with van der Waals surface area (Å²) < 4.78 is 17.5. The molecule has 0 aliphatic carbocycles. The molecule has 1 saturated heterocycles. The minimum Gasteiger partial charge on any atom is -0.493 e. The number of methoxy groups -OCH3 is 1. The number of benzene rings is 2. The molecule has 196 valence electrons.